The lowest BCUT2D eigenvalue weighted by molar-refractivity contribution is -0.138. The molecule has 0 aromatic rings. The molecule has 8 aliphatic carbocycles. The van der Waals surface area contributed by atoms with Crippen LogP contribution in [0.15, 0.2) is 0 Å². The Hall–Kier alpha value is -0.0800. The van der Waals surface area contributed by atoms with E-state index in [4.69, 9.17) is 0 Å². The van der Waals surface area contributed by atoms with Crippen LogP contribution in [0.5, 0.6) is 0 Å². The maximum Gasteiger partial charge on any atom is 0.0132 e. The molecule has 8 rings (SSSR count). The van der Waals surface area contributed by atoms with Gasteiger partial charge in [0.1, 0.15) is 0 Å². The van der Waals surface area contributed by atoms with E-state index in [0.717, 1.165) is 71.8 Å². The van der Waals surface area contributed by atoms with Crippen LogP contribution in [0.1, 0.15) is 180 Å². The van der Waals surface area contributed by atoms with Crippen molar-refractivity contribution >= 4 is 0 Å². The number of hydrogen-bond acceptors (Lipinski definition) is 2. The maximum absolute atomic E-state index is 3.34. The molecule has 0 N–H and O–H groups in total. The monoisotopic (exact) mass is 577 g/mol. The predicted octanol–water partition coefficient (Wildman–Crippen LogP) is 10.5. The van der Waals surface area contributed by atoms with Crippen molar-refractivity contribution in [2.24, 2.45) is 35.5 Å². The van der Waals surface area contributed by atoms with E-state index in [1.807, 2.05) is 0 Å². The highest BCUT2D eigenvalue weighted by Gasteiger charge is 2.57. The molecule has 0 bridgehead atoms. The van der Waals surface area contributed by atoms with E-state index in [1.54, 1.807) is 51.4 Å². The Balaban J connectivity index is 1.03. The lowest BCUT2D eigenvalue weighted by atomic mass is 9.46. The van der Waals surface area contributed by atoms with Gasteiger partial charge >= 0.3 is 0 Å². The van der Waals surface area contributed by atoms with Gasteiger partial charge in [0.25, 0.3) is 0 Å². The molecule has 8 unspecified atom stereocenters. The van der Waals surface area contributed by atoms with Crippen molar-refractivity contribution in [3.63, 3.8) is 0 Å². The molecule has 8 fully saturated rings. The van der Waals surface area contributed by atoms with Gasteiger partial charge in [-0.05, 0) is 138 Å². The first-order valence-electron chi connectivity index (χ1n) is 20.4. The normalized spacial score (nSPS) is 43.0. The second-order valence-electron chi connectivity index (χ2n) is 17.6. The Kier molecular flexibility index (Phi) is 9.32. The number of rotatable bonds is 6. The van der Waals surface area contributed by atoms with Crippen molar-refractivity contribution in [1.82, 2.24) is 9.80 Å². The highest BCUT2D eigenvalue weighted by molar-refractivity contribution is 5.08. The van der Waals surface area contributed by atoms with Gasteiger partial charge < -0.3 is 0 Å². The van der Waals surface area contributed by atoms with E-state index < -0.39 is 0 Å². The summed E-state index contributed by atoms with van der Waals surface area (Å²) in [7, 11) is 0. The summed E-state index contributed by atoms with van der Waals surface area (Å²) in [6.07, 6.45) is 43.2. The van der Waals surface area contributed by atoms with Gasteiger partial charge in [0.15, 0.2) is 0 Å². The van der Waals surface area contributed by atoms with Crippen molar-refractivity contribution in [2.75, 3.05) is 0 Å². The number of nitrogens with zero attached hydrogens (tertiary/aromatic N) is 2. The SMILES string of the molecule is C1CCC(N(C2CCCCC2)C2CC3CCC4CCC(N(C5CCCCC5)C5CCCCC5)C5CCC(C2)C3C45)CC1. The molecule has 8 aliphatic rings. The summed E-state index contributed by atoms with van der Waals surface area (Å²) in [6, 6.07) is 5.66. The summed E-state index contributed by atoms with van der Waals surface area (Å²) in [5.74, 6) is 6.52. The Morgan fingerprint density at radius 2 is 0.690 bits per heavy atom. The van der Waals surface area contributed by atoms with Crippen LogP contribution < -0.4 is 0 Å². The van der Waals surface area contributed by atoms with Crippen LogP contribution in [0.25, 0.3) is 0 Å². The zero-order valence-corrected chi connectivity index (χ0v) is 27.6. The minimum atomic E-state index is 0.940. The molecule has 2 heteroatoms. The molecule has 42 heavy (non-hydrogen) atoms. The summed E-state index contributed by atoms with van der Waals surface area (Å²) in [4.78, 5) is 6.63. The predicted molar refractivity (Wildman–Crippen MR) is 177 cm³/mol. The van der Waals surface area contributed by atoms with Gasteiger partial charge in [-0.1, -0.05) is 77.0 Å². The zero-order chi connectivity index (χ0) is 27.9. The topological polar surface area (TPSA) is 6.48 Å². The van der Waals surface area contributed by atoms with E-state index >= 15 is 0 Å². The van der Waals surface area contributed by atoms with Gasteiger partial charge in [0, 0.05) is 36.3 Å². The second kappa shape index (κ2) is 13.3. The third-order valence-corrected chi connectivity index (χ3v) is 15.6. The Morgan fingerprint density at radius 3 is 1.19 bits per heavy atom. The van der Waals surface area contributed by atoms with Gasteiger partial charge in [-0.3, -0.25) is 9.80 Å². The molecule has 0 aromatic heterocycles. The molecule has 0 aliphatic heterocycles. The molecule has 0 amide bonds. The third kappa shape index (κ3) is 5.71. The van der Waals surface area contributed by atoms with E-state index in [2.05, 4.69) is 9.80 Å². The van der Waals surface area contributed by atoms with Crippen LogP contribution in [0.2, 0.25) is 0 Å². The summed E-state index contributed by atoms with van der Waals surface area (Å²) in [5.41, 5.74) is 0. The summed E-state index contributed by atoms with van der Waals surface area (Å²) in [5, 5.41) is 0. The minimum absolute atomic E-state index is 0.940. The molecule has 0 saturated heterocycles. The van der Waals surface area contributed by atoms with Crippen LogP contribution in [0, 0.1) is 35.5 Å². The fourth-order valence-electron chi connectivity index (χ4n) is 14.2. The molecular weight excluding hydrogens is 508 g/mol. The molecule has 0 aromatic carbocycles. The Morgan fingerprint density at radius 1 is 0.286 bits per heavy atom. The van der Waals surface area contributed by atoms with Crippen molar-refractivity contribution in [3.05, 3.63) is 0 Å². The highest BCUT2D eigenvalue weighted by Crippen LogP contribution is 2.61. The van der Waals surface area contributed by atoms with E-state index in [1.165, 1.54) is 128 Å². The van der Waals surface area contributed by atoms with Gasteiger partial charge in [0.05, 0.1) is 0 Å². The summed E-state index contributed by atoms with van der Waals surface area (Å²) >= 11 is 0. The first-order valence-corrected chi connectivity index (χ1v) is 20.4. The first-order chi connectivity index (χ1) is 20.8. The van der Waals surface area contributed by atoms with Crippen LogP contribution in [0.3, 0.4) is 0 Å². The quantitative estimate of drug-likeness (QED) is 0.310. The molecular formula is C40H68N2. The van der Waals surface area contributed by atoms with Crippen molar-refractivity contribution in [2.45, 2.75) is 216 Å². The average Bonchev–Trinajstić information content (AvgIpc) is 3.06. The van der Waals surface area contributed by atoms with E-state index in [9.17, 15) is 0 Å². The van der Waals surface area contributed by atoms with E-state index in [-0.39, 0.29) is 0 Å². The van der Waals surface area contributed by atoms with Crippen LogP contribution in [-0.2, 0) is 0 Å². The van der Waals surface area contributed by atoms with Crippen molar-refractivity contribution in [1.29, 1.82) is 0 Å². The maximum atomic E-state index is 3.34. The van der Waals surface area contributed by atoms with Gasteiger partial charge in [-0.15, -0.1) is 0 Å². The molecule has 0 spiro atoms. The molecule has 0 radical (unpaired) electrons. The van der Waals surface area contributed by atoms with Crippen LogP contribution in [0.4, 0.5) is 0 Å². The minimum Gasteiger partial charge on any atom is -0.294 e. The summed E-state index contributed by atoms with van der Waals surface area (Å²) in [6.45, 7) is 0. The Labute approximate surface area is 260 Å². The molecule has 8 saturated carbocycles. The third-order valence-electron chi connectivity index (χ3n) is 15.6. The van der Waals surface area contributed by atoms with Crippen molar-refractivity contribution < 1.29 is 0 Å². The lowest BCUT2D eigenvalue weighted by Gasteiger charge is -2.63. The lowest BCUT2D eigenvalue weighted by Crippen LogP contribution is -2.62. The summed E-state index contributed by atoms with van der Waals surface area (Å²) < 4.78 is 0. The van der Waals surface area contributed by atoms with Crippen LogP contribution in [-0.4, -0.2) is 46.1 Å². The fraction of sp³-hybridized carbons (Fsp3) is 1.00. The standard InChI is InChI=1S/C40H68N2/c1-5-13-32(14-6-1)41(33-15-7-2-8-16-33)36-27-30-22-21-29-24-26-38(37-25-23-31(28-36)39(30)40(29)37)42(34-17-9-3-10-18-34)35-19-11-4-12-20-35/h29-40H,1-28H2. The largest absolute Gasteiger partial charge is 0.294 e. The molecule has 238 valence electrons. The van der Waals surface area contributed by atoms with Crippen molar-refractivity contribution in [3.8, 4) is 0 Å². The average molecular weight is 577 g/mol. The second-order valence-corrected chi connectivity index (χ2v) is 17.6. The molecule has 0 heterocycles. The van der Waals surface area contributed by atoms with Gasteiger partial charge in [-0.2, -0.15) is 0 Å². The Bertz CT molecular complexity index is 802. The van der Waals surface area contributed by atoms with Gasteiger partial charge in [0.2, 0.25) is 0 Å². The first kappa shape index (κ1) is 29.3. The molecule has 2 nitrogen and oxygen atoms in total. The van der Waals surface area contributed by atoms with Crippen LogP contribution >= 0.6 is 0 Å². The smallest absolute Gasteiger partial charge is 0.0132 e. The number of hydrogen-bond donors (Lipinski definition) is 0. The molecule has 8 atom stereocenters. The van der Waals surface area contributed by atoms with E-state index in [0.29, 0.717) is 0 Å². The highest BCUT2D eigenvalue weighted by atomic mass is 15.2. The fourth-order valence-corrected chi connectivity index (χ4v) is 14.2. The zero-order valence-electron chi connectivity index (χ0n) is 27.6. The van der Waals surface area contributed by atoms with Gasteiger partial charge in [-0.25, -0.2) is 0 Å².